The van der Waals surface area contributed by atoms with Crippen LogP contribution in [0.3, 0.4) is 0 Å². The minimum atomic E-state index is 0.182. The van der Waals surface area contributed by atoms with Crippen LogP contribution in [0.15, 0.2) is 11.6 Å². The van der Waals surface area contributed by atoms with E-state index in [1.54, 1.807) is 0 Å². The van der Waals surface area contributed by atoms with E-state index in [1.165, 1.54) is 5.57 Å². The first-order chi connectivity index (χ1) is 6.65. The summed E-state index contributed by atoms with van der Waals surface area (Å²) in [4.78, 5) is 15.7. The molecule has 1 saturated heterocycles. The lowest BCUT2D eigenvalue weighted by molar-refractivity contribution is 0.192. The fourth-order valence-corrected chi connectivity index (χ4v) is 1.90. The van der Waals surface area contributed by atoms with E-state index in [9.17, 15) is 4.79 Å². The Labute approximate surface area is 86.4 Å². The number of likely N-dealkylation sites (N-methyl/N-ethyl adjacent to an activating group) is 2. The molecule has 1 unspecified atom stereocenters. The Bertz CT molecular complexity index is 248. The van der Waals surface area contributed by atoms with Gasteiger partial charge in [-0.2, -0.15) is 0 Å². The summed E-state index contributed by atoms with van der Waals surface area (Å²) in [6.07, 6.45) is 2.10. The highest BCUT2D eigenvalue weighted by molar-refractivity contribution is 5.77. The lowest BCUT2D eigenvalue weighted by Gasteiger charge is -2.21. The molecular formula is C11H20N2O. The lowest BCUT2D eigenvalue weighted by atomic mass is 10.1. The molecule has 3 heteroatoms. The van der Waals surface area contributed by atoms with Crippen LogP contribution in [-0.4, -0.2) is 41.5 Å². The summed E-state index contributed by atoms with van der Waals surface area (Å²) in [5.41, 5.74) is 1.29. The molecule has 1 aliphatic heterocycles. The second kappa shape index (κ2) is 4.49. The normalized spacial score (nSPS) is 23.6. The first-order valence-electron chi connectivity index (χ1n) is 5.34. The number of carbonyl (C=O) groups is 1. The average Bonchev–Trinajstić information content (AvgIpc) is 2.53. The highest BCUT2D eigenvalue weighted by atomic mass is 16.2. The third kappa shape index (κ3) is 1.76. The molecule has 0 aromatic carbocycles. The molecule has 0 N–H and O–H groups in total. The van der Waals surface area contributed by atoms with Crippen LogP contribution in [-0.2, 0) is 0 Å². The van der Waals surface area contributed by atoms with Crippen LogP contribution < -0.4 is 0 Å². The third-order valence-electron chi connectivity index (χ3n) is 2.99. The van der Waals surface area contributed by atoms with Crippen molar-refractivity contribution in [3.8, 4) is 0 Å². The number of allylic oxidation sites excluding steroid dienone is 1. The van der Waals surface area contributed by atoms with Gasteiger partial charge in [0.05, 0.1) is 6.04 Å². The number of amides is 2. The SMILES string of the molecule is C/C=C(/C)C1CN(CC)C(=O)N1CC. The molecule has 0 saturated carbocycles. The highest BCUT2D eigenvalue weighted by Gasteiger charge is 2.35. The molecule has 0 bridgehead atoms. The zero-order chi connectivity index (χ0) is 10.7. The van der Waals surface area contributed by atoms with Crippen LogP contribution in [0, 0.1) is 0 Å². The zero-order valence-electron chi connectivity index (χ0n) is 9.58. The van der Waals surface area contributed by atoms with E-state index in [4.69, 9.17) is 0 Å². The predicted molar refractivity (Wildman–Crippen MR) is 58.2 cm³/mol. The smallest absolute Gasteiger partial charge is 0.320 e. The van der Waals surface area contributed by atoms with E-state index >= 15 is 0 Å². The van der Waals surface area contributed by atoms with E-state index in [0.29, 0.717) is 0 Å². The molecule has 0 spiro atoms. The number of carbonyl (C=O) groups excluding carboxylic acids is 1. The van der Waals surface area contributed by atoms with Gasteiger partial charge in [-0.05, 0) is 27.7 Å². The maximum Gasteiger partial charge on any atom is 0.320 e. The summed E-state index contributed by atoms with van der Waals surface area (Å²) in [7, 11) is 0. The molecule has 0 aromatic rings. The molecule has 14 heavy (non-hydrogen) atoms. The van der Waals surface area contributed by atoms with E-state index in [-0.39, 0.29) is 12.1 Å². The van der Waals surface area contributed by atoms with Crippen molar-refractivity contribution in [2.45, 2.75) is 33.7 Å². The van der Waals surface area contributed by atoms with Gasteiger partial charge in [0.2, 0.25) is 0 Å². The van der Waals surface area contributed by atoms with Gasteiger partial charge >= 0.3 is 6.03 Å². The number of nitrogens with zero attached hydrogens (tertiary/aromatic N) is 2. The Hall–Kier alpha value is -0.990. The van der Waals surface area contributed by atoms with Gasteiger partial charge in [-0.25, -0.2) is 4.79 Å². The molecule has 3 nitrogen and oxygen atoms in total. The summed E-state index contributed by atoms with van der Waals surface area (Å²) >= 11 is 0. The van der Waals surface area contributed by atoms with Gasteiger partial charge in [0.1, 0.15) is 0 Å². The summed E-state index contributed by atoms with van der Waals surface area (Å²) in [5.74, 6) is 0. The Morgan fingerprint density at radius 3 is 2.57 bits per heavy atom. The molecule has 80 valence electrons. The van der Waals surface area contributed by atoms with Crippen LogP contribution in [0.5, 0.6) is 0 Å². The minimum absolute atomic E-state index is 0.182. The molecule has 1 rings (SSSR count). The van der Waals surface area contributed by atoms with E-state index in [0.717, 1.165) is 19.6 Å². The standard InChI is InChI=1S/C11H20N2O/c1-5-9(4)10-8-12(6-2)11(14)13(10)7-3/h5,10H,6-8H2,1-4H3/b9-5-. The van der Waals surface area contributed by atoms with Crippen molar-refractivity contribution in [3.63, 3.8) is 0 Å². The number of urea groups is 1. The van der Waals surface area contributed by atoms with Gasteiger partial charge in [0, 0.05) is 19.6 Å². The van der Waals surface area contributed by atoms with Gasteiger partial charge in [-0.15, -0.1) is 0 Å². The van der Waals surface area contributed by atoms with Crippen molar-refractivity contribution in [2.75, 3.05) is 19.6 Å². The first kappa shape index (κ1) is 11.1. The lowest BCUT2D eigenvalue weighted by Crippen LogP contribution is -2.35. The fraction of sp³-hybridized carbons (Fsp3) is 0.727. The molecule has 0 aliphatic carbocycles. The maximum atomic E-state index is 11.8. The molecule has 0 radical (unpaired) electrons. The molecule has 0 aromatic heterocycles. The van der Waals surface area contributed by atoms with Gasteiger partial charge < -0.3 is 9.80 Å². The molecule has 1 heterocycles. The maximum absolute atomic E-state index is 11.8. The van der Waals surface area contributed by atoms with Crippen molar-refractivity contribution in [1.29, 1.82) is 0 Å². The number of rotatable bonds is 3. The van der Waals surface area contributed by atoms with E-state index in [2.05, 4.69) is 13.0 Å². The van der Waals surface area contributed by atoms with Crippen LogP contribution in [0.2, 0.25) is 0 Å². The Balaban J connectivity index is 2.83. The summed E-state index contributed by atoms with van der Waals surface area (Å²) in [6.45, 7) is 10.6. The summed E-state index contributed by atoms with van der Waals surface area (Å²) in [6, 6.07) is 0.471. The van der Waals surface area contributed by atoms with Crippen LogP contribution >= 0.6 is 0 Å². The van der Waals surface area contributed by atoms with Crippen LogP contribution in [0.1, 0.15) is 27.7 Å². The quantitative estimate of drug-likeness (QED) is 0.634. The highest BCUT2D eigenvalue weighted by Crippen LogP contribution is 2.20. The second-order valence-electron chi connectivity index (χ2n) is 3.66. The Morgan fingerprint density at radius 2 is 2.14 bits per heavy atom. The van der Waals surface area contributed by atoms with Crippen molar-refractivity contribution >= 4 is 6.03 Å². The van der Waals surface area contributed by atoms with Gasteiger partial charge in [-0.3, -0.25) is 0 Å². The number of hydrogen-bond acceptors (Lipinski definition) is 1. The van der Waals surface area contributed by atoms with Crippen molar-refractivity contribution in [1.82, 2.24) is 9.80 Å². The van der Waals surface area contributed by atoms with Gasteiger partial charge in [0.15, 0.2) is 0 Å². The van der Waals surface area contributed by atoms with E-state index in [1.807, 2.05) is 30.6 Å². The average molecular weight is 196 g/mol. The summed E-state index contributed by atoms with van der Waals surface area (Å²) < 4.78 is 0. The summed E-state index contributed by atoms with van der Waals surface area (Å²) in [5, 5.41) is 0. The van der Waals surface area contributed by atoms with Gasteiger partial charge in [0.25, 0.3) is 0 Å². The predicted octanol–water partition coefficient (Wildman–Crippen LogP) is 2.10. The first-order valence-corrected chi connectivity index (χ1v) is 5.34. The largest absolute Gasteiger partial charge is 0.323 e. The molecule has 1 aliphatic rings. The zero-order valence-corrected chi connectivity index (χ0v) is 9.58. The Morgan fingerprint density at radius 1 is 1.50 bits per heavy atom. The third-order valence-corrected chi connectivity index (χ3v) is 2.99. The fourth-order valence-electron chi connectivity index (χ4n) is 1.90. The molecule has 2 amide bonds. The van der Waals surface area contributed by atoms with Crippen molar-refractivity contribution in [2.24, 2.45) is 0 Å². The monoisotopic (exact) mass is 196 g/mol. The van der Waals surface area contributed by atoms with Crippen LogP contribution in [0.4, 0.5) is 4.79 Å². The number of hydrogen-bond donors (Lipinski definition) is 0. The Kier molecular flexibility index (Phi) is 3.55. The topological polar surface area (TPSA) is 23.6 Å². The minimum Gasteiger partial charge on any atom is -0.323 e. The van der Waals surface area contributed by atoms with Crippen molar-refractivity contribution in [3.05, 3.63) is 11.6 Å². The second-order valence-corrected chi connectivity index (χ2v) is 3.66. The molecular weight excluding hydrogens is 176 g/mol. The van der Waals surface area contributed by atoms with Gasteiger partial charge in [-0.1, -0.05) is 11.6 Å². The molecule has 1 fully saturated rings. The molecule has 1 atom stereocenters. The van der Waals surface area contributed by atoms with E-state index < -0.39 is 0 Å². The van der Waals surface area contributed by atoms with Crippen LogP contribution in [0.25, 0.3) is 0 Å². The van der Waals surface area contributed by atoms with Crippen molar-refractivity contribution < 1.29 is 4.79 Å².